The van der Waals surface area contributed by atoms with Gasteiger partial charge in [-0.3, -0.25) is 4.72 Å². The Morgan fingerprint density at radius 1 is 0.889 bits per heavy atom. The van der Waals surface area contributed by atoms with E-state index < -0.39 is 10.0 Å². The molecule has 0 spiro atoms. The minimum absolute atomic E-state index is 0.126. The molecule has 0 amide bonds. The van der Waals surface area contributed by atoms with E-state index in [9.17, 15) is 8.42 Å². The first kappa shape index (κ1) is 18.5. The molecular formula is C19H19N3O4S. The van der Waals surface area contributed by atoms with Gasteiger partial charge < -0.3 is 14.8 Å². The van der Waals surface area contributed by atoms with Crippen LogP contribution in [0.1, 0.15) is 0 Å². The third-order valence-electron chi connectivity index (χ3n) is 3.76. The van der Waals surface area contributed by atoms with Crippen LogP contribution in [0.15, 0.2) is 71.8 Å². The van der Waals surface area contributed by atoms with E-state index in [1.807, 2.05) is 24.3 Å². The highest BCUT2D eigenvalue weighted by molar-refractivity contribution is 7.92. The first-order chi connectivity index (χ1) is 13.0. The highest BCUT2D eigenvalue weighted by atomic mass is 32.2. The summed E-state index contributed by atoms with van der Waals surface area (Å²) in [4.78, 5) is 4.28. The van der Waals surface area contributed by atoms with Gasteiger partial charge in [0.2, 0.25) is 0 Å². The maximum Gasteiger partial charge on any atom is 0.263 e. The fourth-order valence-electron chi connectivity index (χ4n) is 2.38. The molecule has 0 bridgehead atoms. The van der Waals surface area contributed by atoms with Crippen LogP contribution in [0.4, 0.5) is 17.2 Å². The Hall–Kier alpha value is -3.26. The third kappa shape index (κ3) is 4.48. The number of pyridine rings is 1. The molecule has 3 rings (SSSR count). The first-order valence-corrected chi connectivity index (χ1v) is 9.53. The Bertz CT molecular complexity index is 1000. The number of ether oxygens (including phenoxy) is 2. The first-order valence-electron chi connectivity index (χ1n) is 8.05. The van der Waals surface area contributed by atoms with Gasteiger partial charge >= 0.3 is 0 Å². The number of hydrogen-bond donors (Lipinski definition) is 2. The van der Waals surface area contributed by atoms with E-state index in [4.69, 9.17) is 9.47 Å². The molecule has 0 radical (unpaired) electrons. The number of para-hydroxylation sites is 2. The molecule has 1 heterocycles. The molecule has 2 N–H and O–H groups in total. The molecule has 7 nitrogen and oxygen atoms in total. The van der Waals surface area contributed by atoms with Gasteiger partial charge in [-0.25, -0.2) is 13.4 Å². The molecule has 0 saturated carbocycles. The van der Waals surface area contributed by atoms with Crippen molar-refractivity contribution in [3.8, 4) is 11.5 Å². The van der Waals surface area contributed by atoms with E-state index in [1.165, 1.54) is 25.4 Å². The van der Waals surface area contributed by atoms with Crippen molar-refractivity contribution >= 4 is 27.2 Å². The normalized spacial score (nSPS) is 10.9. The number of benzene rings is 2. The lowest BCUT2D eigenvalue weighted by atomic mass is 10.3. The SMILES string of the molecule is COc1ccc(S(=O)(=O)Nc2ccc(Nc3ccccc3OC)cn2)cc1. The number of anilines is 3. The second-order valence-corrected chi connectivity index (χ2v) is 7.22. The quantitative estimate of drug-likeness (QED) is 0.645. The molecule has 0 unspecified atom stereocenters. The summed E-state index contributed by atoms with van der Waals surface area (Å²) >= 11 is 0. The second kappa shape index (κ2) is 7.96. The number of nitrogens with one attached hydrogen (secondary N) is 2. The Morgan fingerprint density at radius 2 is 1.63 bits per heavy atom. The molecule has 2 aromatic carbocycles. The van der Waals surface area contributed by atoms with Gasteiger partial charge in [-0.1, -0.05) is 12.1 Å². The van der Waals surface area contributed by atoms with E-state index in [-0.39, 0.29) is 10.7 Å². The zero-order valence-corrected chi connectivity index (χ0v) is 15.7. The average Bonchev–Trinajstić information content (AvgIpc) is 2.70. The van der Waals surface area contributed by atoms with Crippen LogP contribution in [0.25, 0.3) is 0 Å². The molecule has 1 aromatic heterocycles. The largest absolute Gasteiger partial charge is 0.497 e. The zero-order chi connectivity index (χ0) is 19.3. The molecule has 0 fully saturated rings. The van der Waals surface area contributed by atoms with E-state index in [0.717, 1.165) is 5.69 Å². The topological polar surface area (TPSA) is 89.6 Å². The fraction of sp³-hybridized carbons (Fsp3) is 0.105. The molecule has 0 atom stereocenters. The Morgan fingerprint density at radius 3 is 2.26 bits per heavy atom. The minimum atomic E-state index is -3.73. The van der Waals surface area contributed by atoms with Crippen LogP contribution < -0.4 is 19.5 Å². The van der Waals surface area contributed by atoms with Gasteiger partial charge in [-0.15, -0.1) is 0 Å². The molecule has 8 heteroatoms. The summed E-state index contributed by atoms with van der Waals surface area (Å²) in [7, 11) is -0.616. The molecular weight excluding hydrogens is 366 g/mol. The summed E-state index contributed by atoms with van der Waals surface area (Å²) < 4.78 is 37.7. The number of nitrogens with zero attached hydrogens (tertiary/aromatic N) is 1. The Labute approximate surface area is 158 Å². The Balaban J connectivity index is 1.73. The van der Waals surface area contributed by atoms with Crippen LogP contribution in [0.5, 0.6) is 11.5 Å². The van der Waals surface area contributed by atoms with Crippen molar-refractivity contribution in [1.82, 2.24) is 4.98 Å². The molecule has 140 valence electrons. The number of rotatable bonds is 7. The van der Waals surface area contributed by atoms with E-state index in [1.54, 1.807) is 31.4 Å². The molecule has 3 aromatic rings. The van der Waals surface area contributed by atoms with Gasteiger partial charge in [0.1, 0.15) is 17.3 Å². The van der Waals surface area contributed by atoms with Crippen molar-refractivity contribution in [3.05, 3.63) is 66.9 Å². The van der Waals surface area contributed by atoms with Gasteiger partial charge in [-0.2, -0.15) is 0 Å². The summed E-state index contributed by atoms with van der Waals surface area (Å²) in [6.45, 7) is 0. The maximum absolute atomic E-state index is 12.4. The lowest BCUT2D eigenvalue weighted by Crippen LogP contribution is -2.13. The van der Waals surface area contributed by atoms with Crippen LogP contribution in [-0.2, 0) is 10.0 Å². The average molecular weight is 385 g/mol. The van der Waals surface area contributed by atoms with Crippen LogP contribution in [0.2, 0.25) is 0 Å². The van der Waals surface area contributed by atoms with Gasteiger partial charge in [-0.05, 0) is 48.5 Å². The van der Waals surface area contributed by atoms with Crippen molar-refractivity contribution in [2.45, 2.75) is 4.90 Å². The smallest absolute Gasteiger partial charge is 0.263 e. The lowest BCUT2D eigenvalue weighted by molar-refractivity contribution is 0.414. The summed E-state index contributed by atoms with van der Waals surface area (Å²) in [6, 6.07) is 16.9. The molecule has 0 aliphatic heterocycles. The minimum Gasteiger partial charge on any atom is -0.497 e. The highest BCUT2D eigenvalue weighted by Gasteiger charge is 2.15. The molecule has 27 heavy (non-hydrogen) atoms. The monoisotopic (exact) mass is 385 g/mol. The van der Waals surface area contributed by atoms with Crippen molar-refractivity contribution in [2.75, 3.05) is 24.3 Å². The summed E-state index contributed by atoms with van der Waals surface area (Å²) in [5.74, 6) is 1.50. The number of sulfonamides is 1. The lowest BCUT2D eigenvalue weighted by Gasteiger charge is -2.12. The van der Waals surface area contributed by atoms with Crippen LogP contribution in [-0.4, -0.2) is 27.6 Å². The van der Waals surface area contributed by atoms with Gasteiger partial charge in [0.05, 0.1) is 36.7 Å². The molecule has 0 saturated heterocycles. The fourth-order valence-corrected chi connectivity index (χ4v) is 3.39. The van der Waals surface area contributed by atoms with Crippen molar-refractivity contribution in [2.24, 2.45) is 0 Å². The summed E-state index contributed by atoms with van der Waals surface area (Å²) in [5, 5.41) is 3.18. The third-order valence-corrected chi connectivity index (χ3v) is 5.13. The predicted octanol–water partition coefficient (Wildman–Crippen LogP) is 3.64. The molecule has 0 aliphatic rings. The van der Waals surface area contributed by atoms with Gasteiger partial charge in [0.25, 0.3) is 10.0 Å². The zero-order valence-electron chi connectivity index (χ0n) is 14.8. The number of methoxy groups -OCH3 is 2. The highest BCUT2D eigenvalue weighted by Crippen LogP contribution is 2.27. The standard InChI is InChI=1S/C19H19N3O4S/c1-25-15-8-10-16(11-9-15)27(23,24)22-19-12-7-14(13-20-19)21-17-5-3-4-6-18(17)26-2/h3-13,21H,1-2H3,(H,20,22). The van der Waals surface area contributed by atoms with E-state index >= 15 is 0 Å². The Kier molecular flexibility index (Phi) is 5.46. The second-order valence-electron chi connectivity index (χ2n) is 5.54. The maximum atomic E-state index is 12.4. The van der Waals surface area contributed by atoms with Crippen molar-refractivity contribution in [3.63, 3.8) is 0 Å². The molecule has 0 aliphatic carbocycles. The van der Waals surface area contributed by atoms with E-state index in [2.05, 4.69) is 15.0 Å². The van der Waals surface area contributed by atoms with Crippen molar-refractivity contribution in [1.29, 1.82) is 0 Å². The predicted molar refractivity (Wildman–Crippen MR) is 104 cm³/mol. The van der Waals surface area contributed by atoms with Crippen molar-refractivity contribution < 1.29 is 17.9 Å². The van der Waals surface area contributed by atoms with Crippen LogP contribution >= 0.6 is 0 Å². The van der Waals surface area contributed by atoms with Gasteiger partial charge in [0.15, 0.2) is 0 Å². The number of hydrogen-bond acceptors (Lipinski definition) is 6. The summed E-state index contributed by atoms with van der Waals surface area (Å²) in [6.07, 6.45) is 1.54. The van der Waals surface area contributed by atoms with Crippen LogP contribution in [0.3, 0.4) is 0 Å². The van der Waals surface area contributed by atoms with Crippen LogP contribution in [0, 0.1) is 0 Å². The van der Waals surface area contributed by atoms with Gasteiger partial charge in [0, 0.05) is 0 Å². The van der Waals surface area contributed by atoms with E-state index in [0.29, 0.717) is 17.2 Å². The summed E-state index contributed by atoms with van der Waals surface area (Å²) in [5.41, 5.74) is 1.49. The number of aromatic nitrogens is 1.